The maximum atomic E-state index is 6.38. The molecule has 0 aliphatic carbocycles. The summed E-state index contributed by atoms with van der Waals surface area (Å²) in [7, 11) is 0. The van der Waals surface area contributed by atoms with Crippen molar-refractivity contribution in [2.24, 2.45) is 5.73 Å². The summed E-state index contributed by atoms with van der Waals surface area (Å²) in [6.07, 6.45) is 0. The lowest BCUT2D eigenvalue weighted by Crippen LogP contribution is -2.05. The summed E-state index contributed by atoms with van der Waals surface area (Å²) in [5.41, 5.74) is 15.9. The Bertz CT molecular complexity index is 1740. The molecule has 3 heteroatoms. The second-order valence-corrected chi connectivity index (χ2v) is 9.85. The molecule has 1 aromatic heterocycles. The van der Waals surface area contributed by atoms with Gasteiger partial charge in [-0.2, -0.15) is 0 Å². The molecule has 0 amide bonds. The second kappa shape index (κ2) is 10.0. The zero-order valence-corrected chi connectivity index (χ0v) is 21.6. The molecular formula is C35H29N3. The van der Waals surface area contributed by atoms with Crippen LogP contribution in [0.1, 0.15) is 24.1 Å². The lowest BCUT2D eigenvalue weighted by atomic mass is 9.93. The van der Waals surface area contributed by atoms with Crippen molar-refractivity contribution >= 4 is 10.8 Å². The van der Waals surface area contributed by atoms with E-state index in [4.69, 9.17) is 15.7 Å². The molecule has 0 saturated heterocycles. The summed E-state index contributed by atoms with van der Waals surface area (Å²) < 4.78 is 0. The smallest absolute Gasteiger partial charge is 0.160 e. The Labute approximate surface area is 223 Å². The van der Waals surface area contributed by atoms with E-state index in [1.807, 2.05) is 25.1 Å². The van der Waals surface area contributed by atoms with Crippen molar-refractivity contribution in [1.82, 2.24) is 9.97 Å². The van der Waals surface area contributed by atoms with E-state index in [2.05, 4.69) is 110 Å². The Morgan fingerprint density at radius 1 is 0.553 bits per heavy atom. The fourth-order valence-electron chi connectivity index (χ4n) is 4.93. The first-order chi connectivity index (χ1) is 18.5. The number of hydrogen-bond donors (Lipinski definition) is 1. The standard InChI is InChI=1S/C35H29N3/c1-23-15-17-26(18-16-23)35-37-33(25-9-4-3-5-10-25)22-34(38-35)29-13-8-12-27(19-29)30-20-28-11-6-7-14-31(28)32(21-30)24(2)36/h3-22,24H,36H2,1-2H3. The molecular weight excluding hydrogens is 462 g/mol. The average Bonchev–Trinajstić information content (AvgIpc) is 2.97. The predicted octanol–water partition coefficient (Wildman–Crippen LogP) is 8.63. The lowest BCUT2D eigenvalue weighted by molar-refractivity contribution is 0.827. The van der Waals surface area contributed by atoms with E-state index < -0.39 is 0 Å². The molecule has 1 unspecified atom stereocenters. The lowest BCUT2D eigenvalue weighted by Gasteiger charge is -2.14. The molecule has 0 saturated carbocycles. The molecule has 0 spiro atoms. The molecule has 184 valence electrons. The summed E-state index contributed by atoms with van der Waals surface area (Å²) in [4.78, 5) is 9.98. The summed E-state index contributed by atoms with van der Waals surface area (Å²) >= 11 is 0. The quantitative estimate of drug-likeness (QED) is 0.263. The van der Waals surface area contributed by atoms with Crippen LogP contribution >= 0.6 is 0 Å². The molecule has 0 aliphatic rings. The van der Waals surface area contributed by atoms with Gasteiger partial charge in [-0.05, 0) is 65.6 Å². The van der Waals surface area contributed by atoms with Gasteiger partial charge in [-0.15, -0.1) is 0 Å². The van der Waals surface area contributed by atoms with Crippen LogP contribution in [0.15, 0.2) is 121 Å². The maximum Gasteiger partial charge on any atom is 0.160 e. The number of fused-ring (bicyclic) bond motifs is 1. The van der Waals surface area contributed by atoms with Crippen LogP contribution in [-0.2, 0) is 0 Å². The first-order valence-electron chi connectivity index (χ1n) is 13.0. The van der Waals surface area contributed by atoms with Gasteiger partial charge in [0.25, 0.3) is 0 Å². The molecule has 0 aliphatic heterocycles. The highest BCUT2D eigenvalue weighted by Gasteiger charge is 2.13. The summed E-state index contributed by atoms with van der Waals surface area (Å²) in [5.74, 6) is 0.719. The number of aromatic nitrogens is 2. The van der Waals surface area contributed by atoms with Crippen LogP contribution in [0.2, 0.25) is 0 Å². The number of hydrogen-bond acceptors (Lipinski definition) is 3. The van der Waals surface area contributed by atoms with Crippen LogP contribution in [0.4, 0.5) is 0 Å². The van der Waals surface area contributed by atoms with Crippen molar-refractivity contribution in [2.45, 2.75) is 19.9 Å². The molecule has 6 aromatic rings. The Morgan fingerprint density at radius 2 is 1.21 bits per heavy atom. The van der Waals surface area contributed by atoms with Crippen molar-refractivity contribution in [3.05, 3.63) is 132 Å². The maximum absolute atomic E-state index is 6.38. The van der Waals surface area contributed by atoms with Gasteiger partial charge in [0.1, 0.15) is 0 Å². The molecule has 0 bridgehead atoms. The normalized spacial score (nSPS) is 12.0. The van der Waals surface area contributed by atoms with E-state index in [9.17, 15) is 0 Å². The van der Waals surface area contributed by atoms with Crippen LogP contribution in [0.25, 0.3) is 55.8 Å². The zero-order chi connectivity index (χ0) is 26.1. The Balaban J connectivity index is 1.50. The molecule has 38 heavy (non-hydrogen) atoms. The van der Waals surface area contributed by atoms with Gasteiger partial charge in [0, 0.05) is 22.7 Å². The highest BCUT2D eigenvalue weighted by Crippen LogP contribution is 2.33. The first-order valence-corrected chi connectivity index (χ1v) is 13.0. The van der Waals surface area contributed by atoms with Crippen molar-refractivity contribution in [3.8, 4) is 45.0 Å². The zero-order valence-electron chi connectivity index (χ0n) is 21.6. The molecule has 3 nitrogen and oxygen atoms in total. The minimum atomic E-state index is -0.0598. The Morgan fingerprint density at radius 3 is 1.97 bits per heavy atom. The number of nitrogens with two attached hydrogens (primary N) is 1. The van der Waals surface area contributed by atoms with Crippen molar-refractivity contribution in [2.75, 3.05) is 0 Å². The van der Waals surface area contributed by atoms with Gasteiger partial charge >= 0.3 is 0 Å². The van der Waals surface area contributed by atoms with Crippen LogP contribution in [0.5, 0.6) is 0 Å². The van der Waals surface area contributed by atoms with Crippen molar-refractivity contribution in [1.29, 1.82) is 0 Å². The van der Waals surface area contributed by atoms with Gasteiger partial charge in [0.15, 0.2) is 5.82 Å². The minimum absolute atomic E-state index is 0.0598. The van der Waals surface area contributed by atoms with E-state index in [1.54, 1.807) is 0 Å². The van der Waals surface area contributed by atoms with Crippen LogP contribution in [0.3, 0.4) is 0 Å². The number of rotatable bonds is 5. The highest BCUT2D eigenvalue weighted by molar-refractivity contribution is 5.91. The second-order valence-electron chi connectivity index (χ2n) is 9.85. The molecule has 0 fully saturated rings. The van der Waals surface area contributed by atoms with Crippen LogP contribution in [0, 0.1) is 6.92 Å². The van der Waals surface area contributed by atoms with Crippen molar-refractivity contribution < 1.29 is 0 Å². The molecule has 2 N–H and O–H groups in total. The third-order valence-electron chi connectivity index (χ3n) is 6.98. The molecule has 6 rings (SSSR count). The number of benzene rings is 5. The van der Waals surface area contributed by atoms with E-state index >= 15 is 0 Å². The third kappa shape index (κ3) is 4.72. The highest BCUT2D eigenvalue weighted by atomic mass is 14.9. The van der Waals surface area contributed by atoms with Gasteiger partial charge in [0.2, 0.25) is 0 Å². The Kier molecular flexibility index (Phi) is 6.28. The number of aryl methyl sites for hydroxylation is 1. The van der Waals surface area contributed by atoms with Gasteiger partial charge in [0.05, 0.1) is 11.4 Å². The largest absolute Gasteiger partial charge is 0.324 e. The van der Waals surface area contributed by atoms with E-state index in [1.165, 1.54) is 16.3 Å². The van der Waals surface area contributed by atoms with Gasteiger partial charge < -0.3 is 5.73 Å². The molecule has 1 heterocycles. The van der Waals surface area contributed by atoms with Crippen molar-refractivity contribution in [3.63, 3.8) is 0 Å². The summed E-state index contributed by atoms with van der Waals surface area (Å²) in [6.45, 7) is 4.13. The summed E-state index contributed by atoms with van der Waals surface area (Å²) in [6, 6.07) is 42.2. The van der Waals surface area contributed by atoms with Crippen LogP contribution < -0.4 is 5.73 Å². The SMILES string of the molecule is Cc1ccc(-c2nc(-c3ccccc3)cc(-c3cccc(-c4cc(C(C)N)c5ccccc5c4)c3)n2)cc1. The average molecular weight is 492 g/mol. The molecule has 0 radical (unpaired) electrons. The van der Waals surface area contributed by atoms with Gasteiger partial charge in [-0.1, -0.05) is 103 Å². The monoisotopic (exact) mass is 491 g/mol. The molecule has 5 aromatic carbocycles. The third-order valence-corrected chi connectivity index (χ3v) is 6.98. The van der Waals surface area contributed by atoms with E-state index in [-0.39, 0.29) is 6.04 Å². The van der Waals surface area contributed by atoms with E-state index in [0.29, 0.717) is 0 Å². The predicted molar refractivity (Wildman–Crippen MR) is 159 cm³/mol. The fourth-order valence-corrected chi connectivity index (χ4v) is 4.93. The van der Waals surface area contributed by atoms with Crippen LogP contribution in [-0.4, -0.2) is 9.97 Å². The first kappa shape index (κ1) is 23.8. The van der Waals surface area contributed by atoms with E-state index in [0.717, 1.165) is 50.6 Å². The number of nitrogens with zero attached hydrogens (tertiary/aromatic N) is 2. The fraction of sp³-hybridized carbons (Fsp3) is 0.0857. The topological polar surface area (TPSA) is 51.8 Å². The Hall–Kier alpha value is -4.60. The minimum Gasteiger partial charge on any atom is -0.324 e. The summed E-state index contributed by atoms with van der Waals surface area (Å²) in [5, 5.41) is 2.39. The molecule has 1 atom stereocenters. The van der Waals surface area contributed by atoms with Gasteiger partial charge in [-0.25, -0.2) is 9.97 Å². The van der Waals surface area contributed by atoms with Gasteiger partial charge in [-0.3, -0.25) is 0 Å².